The largest absolute Gasteiger partial charge is 0.480 e. The molecule has 1 aromatic carbocycles. The molecule has 23 heavy (non-hydrogen) atoms. The van der Waals surface area contributed by atoms with Gasteiger partial charge in [0, 0.05) is 19.8 Å². The van der Waals surface area contributed by atoms with Crippen molar-refractivity contribution in [3.63, 3.8) is 0 Å². The van der Waals surface area contributed by atoms with Crippen LogP contribution in [0.2, 0.25) is 0 Å². The quantitative estimate of drug-likeness (QED) is 0.846. The number of benzene rings is 1. The van der Waals surface area contributed by atoms with Gasteiger partial charge in [0.1, 0.15) is 6.04 Å². The number of carboxylic acids is 1. The zero-order chi connectivity index (χ0) is 16.8. The van der Waals surface area contributed by atoms with Gasteiger partial charge in [-0.1, -0.05) is 37.3 Å². The van der Waals surface area contributed by atoms with E-state index in [2.05, 4.69) is 5.10 Å². The minimum atomic E-state index is -0.983. The predicted octanol–water partition coefficient (Wildman–Crippen LogP) is 1.85. The predicted molar refractivity (Wildman–Crippen MR) is 85.6 cm³/mol. The van der Waals surface area contributed by atoms with Crippen molar-refractivity contribution in [2.45, 2.75) is 32.4 Å². The first kappa shape index (κ1) is 16.7. The van der Waals surface area contributed by atoms with Gasteiger partial charge in [0.15, 0.2) is 0 Å². The van der Waals surface area contributed by atoms with Crippen LogP contribution in [-0.2, 0) is 29.6 Å². The molecule has 0 aliphatic rings. The lowest BCUT2D eigenvalue weighted by atomic mass is 10.1. The van der Waals surface area contributed by atoms with Crippen LogP contribution in [0, 0.1) is 0 Å². The molecule has 6 nitrogen and oxygen atoms in total. The highest BCUT2D eigenvalue weighted by Crippen LogP contribution is 2.14. The third-order valence-corrected chi connectivity index (χ3v) is 3.68. The van der Waals surface area contributed by atoms with Crippen molar-refractivity contribution in [3.05, 3.63) is 53.9 Å². The zero-order valence-corrected chi connectivity index (χ0v) is 13.3. The van der Waals surface area contributed by atoms with Crippen LogP contribution in [0.15, 0.2) is 42.7 Å². The summed E-state index contributed by atoms with van der Waals surface area (Å²) in [6, 6.07) is 8.58. The number of carbonyl (C=O) groups excluding carboxylic acids is 1. The molecule has 1 unspecified atom stereocenters. The number of amides is 1. The normalized spacial score (nSPS) is 11.9. The van der Waals surface area contributed by atoms with Gasteiger partial charge in [0.2, 0.25) is 5.91 Å². The van der Waals surface area contributed by atoms with Gasteiger partial charge in [-0.25, -0.2) is 4.79 Å². The highest BCUT2D eigenvalue weighted by molar-refractivity contribution is 5.84. The maximum Gasteiger partial charge on any atom is 0.326 e. The summed E-state index contributed by atoms with van der Waals surface area (Å²) >= 11 is 0. The molecular formula is C17H21N3O3. The van der Waals surface area contributed by atoms with E-state index in [0.29, 0.717) is 6.42 Å². The molecule has 1 N–H and O–H groups in total. The van der Waals surface area contributed by atoms with E-state index in [1.54, 1.807) is 31.0 Å². The second-order valence-electron chi connectivity index (χ2n) is 5.47. The topological polar surface area (TPSA) is 75.4 Å². The number of hydrogen-bond donors (Lipinski definition) is 1. The molecule has 0 radical (unpaired) electrons. The van der Waals surface area contributed by atoms with Crippen LogP contribution in [-0.4, -0.2) is 37.7 Å². The Morgan fingerprint density at radius 2 is 1.96 bits per heavy atom. The SMILES string of the molecule is CCC(C(=O)O)N(Cc1ccccc1)C(=O)Cc1cnn(C)c1. The van der Waals surface area contributed by atoms with E-state index in [0.717, 1.165) is 11.1 Å². The molecule has 0 saturated heterocycles. The lowest BCUT2D eigenvalue weighted by Crippen LogP contribution is -2.44. The highest BCUT2D eigenvalue weighted by Gasteiger charge is 2.28. The van der Waals surface area contributed by atoms with E-state index in [-0.39, 0.29) is 18.9 Å². The minimum Gasteiger partial charge on any atom is -0.480 e. The fourth-order valence-corrected chi connectivity index (χ4v) is 2.52. The summed E-state index contributed by atoms with van der Waals surface area (Å²) in [5.74, 6) is -1.20. The molecule has 0 aliphatic heterocycles. The smallest absolute Gasteiger partial charge is 0.326 e. The number of aliphatic carboxylic acids is 1. The van der Waals surface area contributed by atoms with Gasteiger partial charge in [-0.3, -0.25) is 9.48 Å². The van der Waals surface area contributed by atoms with Crippen molar-refractivity contribution in [1.82, 2.24) is 14.7 Å². The lowest BCUT2D eigenvalue weighted by molar-refractivity contribution is -0.150. The van der Waals surface area contributed by atoms with Crippen LogP contribution in [0.25, 0.3) is 0 Å². The van der Waals surface area contributed by atoms with Crippen LogP contribution in [0.3, 0.4) is 0 Å². The van der Waals surface area contributed by atoms with Crippen LogP contribution in [0.5, 0.6) is 0 Å². The Labute approximate surface area is 135 Å². The molecule has 1 atom stereocenters. The van der Waals surface area contributed by atoms with Gasteiger partial charge in [-0.15, -0.1) is 0 Å². The van der Waals surface area contributed by atoms with Crippen molar-refractivity contribution < 1.29 is 14.7 Å². The van der Waals surface area contributed by atoms with Crippen LogP contribution in [0.4, 0.5) is 0 Å². The molecule has 122 valence electrons. The minimum absolute atomic E-state index is 0.143. The van der Waals surface area contributed by atoms with E-state index in [4.69, 9.17) is 0 Å². The van der Waals surface area contributed by atoms with Crippen molar-refractivity contribution in [1.29, 1.82) is 0 Å². The number of nitrogens with zero attached hydrogens (tertiary/aromatic N) is 3. The maximum atomic E-state index is 12.7. The van der Waals surface area contributed by atoms with E-state index in [9.17, 15) is 14.7 Å². The summed E-state index contributed by atoms with van der Waals surface area (Å²) in [5, 5.41) is 13.5. The summed E-state index contributed by atoms with van der Waals surface area (Å²) in [7, 11) is 1.78. The molecule has 6 heteroatoms. The third-order valence-electron chi connectivity index (χ3n) is 3.68. The van der Waals surface area contributed by atoms with Gasteiger partial charge in [-0.2, -0.15) is 5.10 Å². The number of aryl methyl sites for hydroxylation is 1. The molecule has 2 aromatic rings. The first-order valence-electron chi connectivity index (χ1n) is 7.55. The average molecular weight is 315 g/mol. The Morgan fingerprint density at radius 3 is 2.48 bits per heavy atom. The summed E-state index contributed by atoms with van der Waals surface area (Å²) in [4.78, 5) is 25.6. The summed E-state index contributed by atoms with van der Waals surface area (Å²) in [5.41, 5.74) is 1.68. The van der Waals surface area contributed by atoms with Crippen LogP contribution < -0.4 is 0 Å². The number of carboxylic acid groups (broad SMARTS) is 1. The molecule has 1 heterocycles. The van der Waals surface area contributed by atoms with Gasteiger partial charge < -0.3 is 10.0 Å². The monoisotopic (exact) mass is 315 g/mol. The summed E-state index contributed by atoms with van der Waals surface area (Å²) in [6.45, 7) is 2.05. The Balaban J connectivity index is 2.21. The molecule has 0 fully saturated rings. The third kappa shape index (κ3) is 4.42. The van der Waals surface area contributed by atoms with Crippen LogP contribution >= 0.6 is 0 Å². The van der Waals surface area contributed by atoms with Crippen molar-refractivity contribution >= 4 is 11.9 Å². The number of hydrogen-bond acceptors (Lipinski definition) is 3. The Hall–Kier alpha value is -2.63. The Kier molecular flexibility index (Phi) is 5.51. The molecule has 2 rings (SSSR count). The molecule has 1 amide bonds. The van der Waals surface area contributed by atoms with Crippen LogP contribution in [0.1, 0.15) is 24.5 Å². The van der Waals surface area contributed by atoms with Gasteiger partial charge >= 0.3 is 5.97 Å². The number of aromatic nitrogens is 2. The molecule has 1 aromatic heterocycles. The highest BCUT2D eigenvalue weighted by atomic mass is 16.4. The Morgan fingerprint density at radius 1 is 1.26 bits per heavy atom. The standard InChI is InChI=1S/C17H21N3O3/c1-3-15(17(22)23)20(12-13-7-5-4-6-8-13)16(21)9-14-10-18-19(2)11-14/h4-8,10-11,15H,3,9,12H2,1-2H3,(H,22,23). The number of carbonyl (C=O) groups is 2. The second kappa shape index (κ2) is 7.58. The van der Waals surface area contributed by atoms with Gasteiger partial charge in [0.05, 0.1) is 12.6 Å². The lowest BCUT2D eigenvalue weighted by Gasteiger charge is -2.28. The van der Waals surface area contributed by atoms with Crippen molar-refractivity contribution in [2.75, 3.05) is 0 Å². The first-order chi connectivity index (χ1) is 11.0. The molecular weight excluding hydrogens is 294 g/mol. The van der Waals surface area contributed by atoms with Gasteiger partial charge in [0.25, 0.3) is 0 Å². The van der Waals surface area contributed by atoms with E-state index < -0.39 is 12.0 Å². The van der Waals surface area contributed by atoms with Gasteiger partial charge in [-0.05, 0) is 17.5 Å². The Bertz CT molecular complexity index is 667. The maximum absolute atomic E-state index is 12.7. The fourth-order valence-electron chi connectivity index (χ4n) is 2.52. The second-order valence-corrected chi connectivity index (χ2v) is 5.47. The van der Waals surface area contributed by atoms with Crippen molar-refractivity contribution in [3.8, 4) is 0 Å². The van der Waals surface area contributed by atoms with E-state index >= 15 is 0 Å². The molecule has 0 saturated carbocycles. The molecule has 0 spiro atoms. The molecule has 0 aliphatic carbocycles. The van der Waals surface area contributed by atoms with Crippen molar-refractivity contribution in [2.24, 2.45) is 7.05 Å². The summed E-state index contributed by atoms with van der Waals surface area (Å²) < 4.78 is 1.62. The summed E-state index contributed by atoms with van der Waals surface area (Å²) in [6.07, 6.45) is 3.89. The molecule has 0 bridgehead atoms. The zero-order valence-electron chi connectivity index (χ0n) is 13.3. The fraction of sp³-hybridized carbons (Fsp3) is 0.353. The average Bonchev–Trinajstić information content (AvgIpc) is 2.92. The van der Waals surface area contributed by atoms with E-state index in [1.165, 1.54) is 4.90 Å². The first-order valence-corrected chi connectivity index (χ1v) is 7.55. The number of rotatable bonds is 7. The van der Waals surface area contributed by atoms with E-state index in [1.807, 2.05) is 30.3 Å².